The van der Waals surface area contributed by atoms with E-state index in [4.69, 9.17) is 0 Å². The minimum Gasteiger partial charge on any atom is -0.336 e. The first-order chi connectivity index (χ1) is 13.7. The normalized spacial score (nSPS) is 20.4. The summed E-state index contributed by atoms with van der Waals surface area (Å²) in [5, 5.41) is 5.93. The van der Waals surface area contributed by atoms with E-state index < -0.39 is 18.1 Å². The number of carbonyl (C=O) groups excluding carboxylic acids is 1. The Labute approximate surface area is 167 Å². The Morgan fingerprint density at radius 2 is 2.14 bits per heavy atom. The molecule has 1 fully saturated rings. The number of likely N-dealkylation sites (tertiary alicyclic amines) is 1. The van der Waals surface area contributed by atoms with E-state index in [2.05, 4.69) is 15.1 Å². The second-order valence-corrected chi connectivity index (χ2v) is 8.11. The summed E-state index contributed by atoms with van der Waals surface area (Å²) in [7, 11) is 0. The van der Waals surface area contributed by atoms with Gasteiger partial charge >= 0.3 is 6.18 Å². The molecule has 0 aromatic carbocycles. The van der Waals surface area contributed by atoms with Crippen LogP contribution in [0.15, 0.2) is 22.4 Å². The van der Waals surface area contributed by atoms with Gasteiger partial charge in [0.25, 0.3) is 11.5 Å². The van der Waals surface area contributed by atoms with Crippen LogP contribution < -0.4 is 5.56 Å². The zero-order chi connectivity index (χ0) is 20.9. The van der Waals surface area contributed by atoms with Gasteiger partial charge in [-0.15, -0.1) is 11.3 Å². The molecule has 0 aliphatic carbocycles. The molecule has 4 heterocycles. The van der Waals surface area contributed by atoms with Crippen molar-refractivity contribution in [2.24, 2.45) is 5.92 Å². The molecule has 3 aromatic rings. The molecule has 2 unspecified atom stereocenters. The number of hydrogen-bond donors (Lipinski definition) is 1. The van der Waals surface area contributed by atoms with E-state index in [9.17, 15) is 22.8 Å². The van der Waals surface area contributed by atoms with Crippen molar-refractivity contribution in [1.29, 1.82) is 0 Å². The third kappa shape index (κ3) is 3.43. The van der Waals surface area contributed by atoms with Crippen LogP contribution in [0.4, 0.5) is 13.2 Å². The van der Waals surface area contributed by atoms with Gasteiger partial charge in [-0.05, 0) is 38.1 Å². The van der Waals surface area contributed by atoms with Gasteiger partial charge in [0.2, 0.25) is 5.95 Å². The number of alkyl halides is 3. The van der Waals surface area contributed by atoms with Crippen LogP contribution >= 0.6 is 11.3 Å². The molecule has 2 atom stereocenters. The largest absolute Gasteiger partial charge is 0.391 e. The SMILES string of the molecule is Cc1c(C(=O)N2CCC(C(F)(F)F)CC2C)cnn1-c1nc2ccsc2c(=O)[nH]1. The van der Waals surface area contributed by atoms with Crippen molar-refractivity contribution in [1.82, 2.24) is 24.6 Å². The van der Waals surface area contributed by atoms with Crippen LogP contribution in [0.3, 0.4) is 0 Å². The van der Waals surface area contributed by atoms with Gasteiger partial charge in [-0.1, -0.05) is 0 Å². The molecule has 11 heteroatoms. The van der Waals surface area contributed by atoms with Crippen LogP contribution in [0.2, 0.25) is 0 Å². The topological polar surface area (TPSA) is 83.9 Å². The number of piperidine rings is 1. The number of fused-ring (bicyclic) bond motifs is 1. The molecule has 1 aliphatic rings. The lowest BCUT2D eigenvalue weighted by atomic mass is 9.90. The fraction of sp³-hybridized carbons (Fsp3) is 0.444. The number of rotatable bonds is 2. The number of nitrogens with zero attached hydrogens (tertiary/aromatic N) is 4. The first-order valence-electron chi connectivity index (χ1n) is 9.07. The fourth-order valence-corrected chi connectivity index (χ4v) is 4.45. The Morgan fingerprint density at radius 1 is 1.38 bits per heavy atom. The highest BCUT2D eigenvalue weighted by Crippen LogP contribution is 2.37. The minimum absolute atomic E-state index is 0.0325. The highest BCUT2D eigenvalue weighted by Gasteiger charge is 2.44. The molecular weight excluding hydrogens is 407 g/mol. The Morgan fingerprint density at radius 3 is 2.83 bits per heavy atom. The molecular formula is C18H18F3N5O2S. The second-order valence-electron chi connectivity index (χ2n) is 7.19. The van der Waals surface area contributed by atoms with Crippen molar-refractivity contribution < 1.29 is 18.0 Å². The average Bonchev–Trinajstić information content (AvgIpc) is 3.27. The number of thiophene rings is 1. The Bertz CT molecular complexity index is 1130. The second kappa shape index (κ2) is 6.97. The van der Waals surface area contributed by atoms with E-state index in [1.54, 1.807) is 25.3 Å². The molecule has 0 spiro atoms. The summed E-state index contributed by atoms with van der Waals surface area (Å²) >= 11 is 1.28. The summed E-state index contributed by atoms with van der Waals surface area (Å²) in [6.45, 7) is 3.31. The zero-order valence-corrected chi connectivity index (χ0v) is 16.5. The van der Waals surface area contributed by atoms with Crippen LogP contribution in [0.5, 0.6) is 0 Å². The maximum absolute atomic E-state index is 13.0. The summed E-state index contributed by atoms with van der Waals surface area (Å²) < 4.78 is 40.8. The summed E-state index contributed by atoms with van der Waals surface area (Å²) in [5.41, 5.74) is 0.957. The fourth-order valence-electron chi connectivity index (χ4n) is 3.72. The molecule has 1 N–H and O–H groups in total. The number of nitrogens with one attached hydrogen (secondary N) is 1. The van der Waals surface area contributed by atoms with Crippen LogP contribution in [0.25, 0.3) is 16.2 Å². The van der Waals surface area contributed by atoms with Crippen LogP contribution in [0.1, 0.15) is 35.8 Å². The molecule has 0 saturated carbocycles. The predicted molar refractivity (Wildman–Crippen MR) is 101 cm³/mol. The van der Waals surface area contributed by atoms with Gasteiger partial charge in [0.15, 0.2) is 0 Å². The van der Waals surface area contributed by atoms with Crippen molar-refractivity contribution in [2.45, 2.75) is 38.9 Å². The smallest absolute Gasteiger partial charge is 0.336 e. The molecule has 154 valence electrons. The molecule has 29 heavy (non-hydrogen) atoms. The lowest BCUT2D eigenvalue weighted by molar-refractivity contribution is -0.187. The zero-order valence-electron chi connectivity index (χ0n) is 15.7. The number of carbonyl (C=O) groups is 1. The summed E-state index contributed by atoms with van der Waals surface area (Å²) in [6.07, 6.45) is -3.12. The third-order valence-electron chi connectivity index (χ3n) is 5.34. The maximum Gasteiger partial charge on any atom is 0.391 e. The van der Waals surface area contributed by atoms with Gasteiger partial charge in [-0.3, -0.25) is 14.6 Å². The first-order valence-corrected chi connectivity index (χ1v) is 9.95. The van der Waals surface area contributed by atoms with Gasteiger partial charge in [-0.2, -0.15) is 18.3 Å². The standard InChI is InChI=1S/C18H18F3N5O2S/c1-9-7-11(18(19,20)21)3-5-25(9)16(28)12-8-22-26(10(12)2)17-23-13-4-6-29-14(13)15(27)24-17/h4,6,8-9,11H,3,5,7H2,1-2H3,(H,23,24,27). The number of aromatic amines is 1. The highest BCUT2D eigenvalue weighted by atomic mass is 32.1. The van der Waals surface area contributed by atoms with Crippen LogP contribution in [-0.4, -0.2) is 49.3 Å². The van der Waals surface area contributed by atoms with Gasteiger partial charge in [0.05, 0.1) is 28.9 Å². The number of amides is 1. The lowest BCUT2D eigenvalue weighted by Gasteiger charge is -2.38. The number of halogens is 3. The van der Waals surface area contributed by atoms with Gasteiger partial charge in [-0.25, -0.2) is 9.67 Å². The third-order valence-corrected chi connectivity index (χ3v) is 6.25. The van der Waals surface area contributed by atoms with Gasteiger partial charge < -0.3 is 4.90 Å². The number of hydrogen-bond acceptors (Lipinski definition) is 5. The van der Waals surface area contributed by atoms with Crippen molar-refractivity contribution in [3.63, 3.8) is 0 Å². The quantitative estimate of drug-likeness (QED) is 0.683. The molecule has 4 rings (SSSR count). The van der Waals surface area contributed by atoms with E-state index in [-0.39, 0.29) is 42.4 Å². The van der Waals surface area contributed by atoms with Crippen molar-refractivity contribution in [3.05, 3.63) is 39.3 Å². The summed E-state index contributed by atoms with van der Waals surface area (Å²) in [5.74, 6) is -1.58. The molecule has 7 nitrogen and oxygen atoms in total. The van der Waals surface area contributed by atoms with Crippen LogP contribution in [-0.2, 0) is 0 Å². The lowest BCUT2D eigenvalue weighted by Crippen LogP contribution is -2.47. The van der Waals surface area contributed by atoms with Crippen molar-refractivity contribution in [3.8, 4) is 5.95 Å². The molecule has 1 amide bonds. The first kappa shape index (κ1) is 19.6. The van der Waals surface area contributed by atoms with Crippen molar-refractivity contribution >= 4 is 27.5 Å². The van der Waals surface area contributed by atoms with E-state index in [1.807, 2.05) is 0 Å². The van der Waals surface area contributed by atoms with Crippen molar-refractivity contribution in [2.75, 3.05) is 6.54 Å². The Balaban J connectivity index is 1.61. The highest BCUT2D eigenvalue weighted by molar-refractivity contribution is 7.17. The minimum atomic E-state index is -4.25. The van der Waals surface area contributed by atoms with E-state index >= 15 is 0 Å². The maximum atomic E-state index is 13.0. The summed E-state index contributed by atoms with van der Waals surface area (Å²) in [4.78, 5) is 33.6. The van der Waals surface area contributed by atoms with E-state index in [1.165, 1.54) is 27.1 Å². The predicted octanol–water partition coefficient (Wildman–Crippen LogP) is 3.28. The summed E-state index contributed by atoms with van der Waals surface area (Å²) in [6, 6.07) is 1.18. The number of aromatic nitrogens is 4. The molecule has 0 radical (unpaired) electrons. The molecule has 1 saturated heterocycles. The number of H-pyrrole nitrogens is 1. The molecule has 0 bridgehead atoms. The van der Waals surface area contributed by atoms with Gasteiger partial charge in [0, 0.05) is 12.6 Å². The van der Waals surface area contributed by atoms with Crippen LogP contribution in [0, 0.1) is 12.8 Å². The average molecular weight is 425 g/mol. The molecule has 3 aromatic heterocycles. The monoisotopic (exact) mass is 425 g/mol. The molecule has 1 aliphatic heterocycles. The van der Waals surface area contributed by atoms with Gasteiger partial charge in [0.1, 0.15) is 4.70 Å². The van der Waals surface area contributed by atoms with E-state index in [0.717, 1.165) is 0 Å². The Kier molecular flexibility index (Phi) is 4.72. The Hall–Kier alpha value is -2.69. The van der Waals surface area contributed by atoms with E-state index in [0.29, 0.717) is 15.9 Å².